The number of fused-ring (bicyclic) bond motifs is 5. The number of carbonyl (C=O) groups is 1. The number of hydrogen-bond donors (Lipinski definition) is 1. The number of nitrogens with zero attached hydrogens (tertiary/aromatic N) is 3. The van der Waals surface area contributed by atoms with E-state index in [4.69, 9.17) is 9.97 Å². The van der Waals surface area contributed by atoms with E-state index in [-0.39, 0.29) is 11.9 Å². The number of rotatable bonds is 6. The Morgan fingerprint density at radius 2 is 1.74 bits per heavy atom. The number of para-hydroxylation sites is 3. The molecule has 1 N–H and O–H groups in total. The van der Waals surface area contributed by atoms with Crippen LogP contribution in [0.2, 0.25) is 0 Å². The first-order valence-electron chi connectivity index (χ1n) is 9.29. The van der Waals surface area contributed by atoms with Gasteiger partial charge in [-0.2, -0.15) is 0 Å². The highest BCUT2D eigenvalue weighted by molar-refractivity contribution is 7.99. The highest BCUT2D eigenvalue weighted by Gasteiger charge is 2.16. The molecule has 0 aliphatic carbocycles. The lowest BCUT2D eigenvalue weighted by Gasteiger charge is -2.14. The van der Waals surface area contributed by atoms with Crippen molar-refractivity contribution in [1.82, 2.24) is 19.7 Å². The second-order valence-electron chi connectivity index (χ2n) is 6.54. The van der Waals surface area contributed by atoms with Gasteiger partial charge in [0.25, 0.3) is 0 Å². The van der Waals surface area contributed by atoms with Gasteiger partial charge >= 0.3 is 0 Å². The molecule has 138 valence electrons. The van der Waals surface area contributed by atoms with Crippen LogP contribution < -0.4 is 5.32 Å². The van der Waals surface area contributed by atoms with Gasteiger partial charge in [0.2, 0.25) is 5.91 Å². The third-order valence-corrected chi connectivity index (χ3v) is 5.73. The Hall–Kier alpha value is -2.60. The van der Waals surface area contributed by atoms with E-state index in [0.29, 0.717) is 5.75 Å². The van der Waals surface area contributed by atoms with Crippen molar-refractivity contribution in [3.8, 4) is 0 Å². The largest absolute Gasteiger partial charge is 0.353 e. The number of benzene rings is 2. The summed E-state index contributed by atoms with van der Waals surface area (Å²) in [5.41, 5.74) is 3.71. The molecule has 0 aliphatic rings. The summed E-state index contributed by atoms with van der Waals surface area (Å²) in [6.45, 7) is 4.18. The Bertz CT molecular complexity index is 1120. The Morgan fingerprint density at radius 3 is 2.52 bits per heavy atom. The molecule has 0 unspecified atom stereocenters. The number of imidazole rings is 1. The van der Waals surface area contributed by atoms with Crippen LogP contribution in [0.1, 0.15) is 26.7 Å². The molecule has 0 saturated heterocycles. The summed E-state index contributed by atoms with van der Waals surface area (Å²) in [7, 11) is 0. The second-order valence-corrected chi connectivity index (χ2v) is 7.48. The van der Waals surface area contributed by atoms with Gasteiger partial charge in [0.15, 0.2) is 5.16 Å². The summed E-state index contributed by atoms with van der Waals surface area (Å²) >= 11 is 1.46. The van der Waals surface area contributed by atoms with Gasteiger partial charge in [0.05, 0.1) is 22.3 Å². The van der Waals surface area contributed by atoms with E-state index in [1.54, 1.807) is 0 Å². The van der Waals surface area contributed by atoms with Crippen molar-refractivity contribution < 1.29 is 4.79 Å². The van der Waals surface area contributed by atoms with Crippen molar-refractivity contribution in [2.45, 2.75) is 37.9 Å². The van der Waals surface area contributed by atoms with Gasteiger partial charge in [-0.05, 0) is 37.1 Å². The molecule has 4 rings (SSSR count). The average Bonchev–Trinajstić information content (AvgIpc) is 3.10. The molecule has 2 heterocycles. The van der Waals surface area contributed by atoms with Gasteiger partial charge in [0, 0.05) is 11.4 Å². The summed E-state index contributed by atoms with van der Waals surface area (Å²) in [5.74, 6) is 0.380. The molecule has 0 radical (unpaired) electrons. The normalized spacial score (nSPS) is 11.7. The minimum Gasteiger partial charge on any atom is -0.353 e. The Balaban J connectivity index is 1.76. The molecule has 0 bridgehead atoms. The topological polar surface area (TPSA) is 59.3 Å². The molecular weight excluding hydrogens is 356 g/mol. The number of thioether (sulfide) groups is 1. The van der Waals surface area contributed by atoms with Crippen LogP contribution in [0.25, 0.3) is 27.6 Å². The number of amides is 1. The molecule has 0 aliphatic heterocycles. The molecule has 5 nitrogen and oxygen atoms in total. The van der Waals surface area contributed by atoms with Gasteiger partial charge in [-0.15, -0.1) is 0 Å². The van der Waals surface area contributed by atoms with Crippen LogP contribution in [0.15, 0.2) is 53.7 Å². The predicted octanol–water partition coefficient (Wildman–Crippen LogP) is 4.43. The maximum absolute atomic E-state index is 12.4. The van der Waals surface area contributed by atoms with Crippen molar-refractivity contribution in [3.63, 3.8) is 0 Å². The van der Waals surface area contributed by atoms with Crippen molar-refractivity contribution in [3.05, 3.63) is 48.5 Å². The minimum atomic E-state index is 0.0428. The van der Waals surface area contributed by atoms with Crippen molar-refractivity contribution in [1.29, 1.82) is 0 Å². The Morgan fingerprint density at radius 1 is 1.04 bits per heavy atom. The first-order valence-corrected chi connectivity index (χ1v) is 10.3. The molecule has 27 heavy (non-hydrogen) atoms. The van der Waals surface area contributed by atoms with E-state index in [1.807, 2.05) is 48.5 Å². The van der Waals surface area contributed by atoms with Crippen LogP contribution in [0.5, 0.6) is 0 Å². The Labute approximate surface area is 162 Å². The highest BCUT2D eigenvalue weighted by atomic mass is 32.2. The molecular formula is C21H22N4OS. The maximum Gasteiger partial charge on any atom is 0.230 e. The van der Waals surface area contributed by atoms with Crippen LogP contribution in [-0.2, 0) is 4.79 Å². The Kier molecular flexibility index (Phi) is 4.99. The third kappa shape index (κ3) is 3.37. The number of hydrogen-bond acceptors (Lipinski definition) is 4. The van der Waals surface area contributed by atoms with Crippen LogP contribution in [0.4, 0.5) is 0 Å². The first-order chi connectivity index (χ1) is 13.2. The number of carbonyl (C=O) groups excluding carboxylic acids is 1. The average molecular weight is 379 g/mol. The van der Waals surface area contributed by atoms with Crippen LogP contribution in [-0.4, -0.2) is 32.1 Å². The molecule has 0 fully saturated rings. The zero-order valence-corrected chi connectivity index (χ0v) is 16.3. The van der Waals surface area contributed by atoms with Gasteiger partial charge in [0.1, 0.15) is 5.65 Å². The summed E-state index contributed by atoms with van der Waals surface area (Å²) in [6.07, 6.45) is 1.88. The predicted molar refractivity (Wildman–Crippen MR) is 111 cm³/mol. The van der Waals surface area contributed by atoms with Crippen LogP contribution >= 0.6 is 11.8 Å². The van der Waals surface area contributed by atoms with Crippen molar-refractivity contribution in [2.24, 2.45) is 0 Å². The van der Waals surface area contributed by atoms with Gasteiger partial charge in [-0.1, -0.05) is 49.9 Å². The van der Waals surface area contributed by atoms with Gasteiger partial charge < -0.3 is 5.32 Å². The molecule has 0 atom stereocenters. The molecule has 0 saturated carbocycles. The molecule has 2 aromatic carbocycles. The van der Waals surface area contributed by atoms with Crippen LogP contribution in [0, 0.1) is 0 Å². The fraction of sp³-hybridized carbons (Fsp3) is 0.286. The lowest BCUT2D eigenvalue weighted by molar-refractivity contribution is -0.119. The molecule has 1 amide bonds. The van der Waals surface area contributed by atoms with E-state index >= 15 is 0 Å². The lowest BCUT2D eigenvalue weighted by Crippen LogP contribution is -2.35. The summed E-state index contributed by atoms with van der Waals surface area (Å²) < 4.78 is 2.06. The fourth-order valence-electron chi connectivity index (χ4n) is 3.30. The van der Waals surface area contributed by atoms with Crippen LogP contribution in [0.3, 0.4) is 0 Å². The van der Waals surface area contributed by atoms with E-state index in [2.05, 4.69) is 23.6 Å². The zero-order chi connectivity index (χ0) is 18.8. The SMILES string of the molecule is CCC(CC)NC(=O)CSc1nc2ccccc2c2nc3ccccc3n12. The van der Waals surface area contributed by atoms with Gasteiger partial charge in [-0.25, -0.2) is 9.97 Å². The van der Waals surface area contributed by atoms with E-state index in [1.165, 1.54) is 11.8 Å². The van der Waals surface area contributed by atoms with Gasteiger partial charge in [-0.3, -0.25) is 9.20 Å². The standard InChI is InChI=1S/C21H22N4OS/c1-3-14(4-2)22-19(26)13-27-21-24-16-10-6-5-9-15(16)20-23-17-11-7-8-12-18(17)25(20)21/h5-12,14H,3-4,13H2,1-2H3,(H,22,26). The van der Waals surface area contributed by atoms with E-state index in [9.17, 15) is 4.79 Å². The third-order valence-electron chi connectivity index (χ3n) is 4.80. The van der Waals surface area contributed by atoms with E-state index in [0.717, 1.165) is 45.6 Å². The van der Waals surface area contributed by atoms with Crippen molar-refractivity contribution in [2.75, 3.05) is 5.75 Å². The molecule has 4 aromatic rings. The van der Waals surface area contributed by atoms with E-state index < -0.39 is 0 Å². The number of aromatic nitrogens is 3. The minimum absolute atomic E-state index is 0.0428. The second kappa shape index (κ2) is 7.56. The maximum atomic E-state index is 12.4. The molecule has 6 heteroatoms. The highest BCUT2D eigenvalue weighted by Crippen LogP contribution is 2.28. The van der Waals surface area contributed by atoms with Crippen molar-refractivity contribution >= 4 is 45.3 Å². The fourth-order valence-corrected chi connectivity index (χ4v) is 4.12. The summed E-state index contributed by atoms with van der Waals surface area (Å²) in [5, 5.41) is 4.89. The monoisotopic (exact) mass is 378 g/mol. The number of nitrogens with one attached hydrogen (secondary N) is 1. The summed E-state index contributed by atoms with van der Waals surface area (Å²) in [4.78, 5) is 22.0. The lowest BCUT2D eigenvalue weighted by atomic mass is 10.2. The molecule has 0 spiro atoms. The smallest absolute Gasteiger partial charge is 0.230 e. The molecule has 2 aromatic heterocycles. The first kappa shape index (κ1) is 17.8. The zero-order valence-electron chi connectivity index (χ0n) is 15.5. The summed E-state index contributed by atoms with van der Waals surface area (Å²) in [6, 6.07) is 16.3. The quantitative estimate of drug-likeness (QED) is 0.398.